The Labute approximate surface area is 121 Å². The van der Waals surface area contributed by atoms with Gasteiger partial charge in [-0.3, -0.25) is 5.10 Å². The van der Waals surface area contributed by atoms with Crippen LogP contribution in [0.2, 0.25) is 0 Å². The van der Waals surface area contributed by atoms with Crippen LogP contribution in [0.1, 0.15) is 28.8 Å². The zero-order chi connectivity index (χ0) is 15.5. The van der Waals surface area contributed by atoms with E-state index >= 15 is 0 Å². The summed E-state index contributed by atoms with van der Waals surface area (Å²) in [5.41, 5.74) is -0.139. The first-order chi connectivity index (χ1) is 9.94. The number of aromatic nitrogens is 2. The van der Waals surface area contributed by atoms with Gasteiger partial charge in [-0.05, 0) is 26.0 Å². The molecule has 0 aromatic carbocycles. The third kappa shape index (κ3) is 3.50. The zero-order valence-corrected chi connectivity index (χ0v) is 12.4. The predicted molar refractivity (Wildman–Crippen MR) is 72.0 cm³/mol. The Kier molecular flexibility index (Phi) is 4.43. The summed E-state index contributed by atoms with van der Waals surface area (Å²) in [6.45, 7) is 3.50. The molecule has 21 heavy (non-hydrogen) atoms. The molecule has 2 N–H and O–H groups in total. The number of carbonyl (C=O) groups is 1. The summed E-state index contributed by atoms with van der Waals surface area (Å²) < 4.78 is 36.7. The van der Waals surface area contributed by atoms with E-state index in [9.17, 15) is 13.2 Å². The van der Waals surface area contributed by atoms with Crippen molar-refractivity contribution >= 4 is 16.0 Å². The number of furan rings is 1. The van der Waals surface area contributed by atoms with Crippen molar-refractivity contribution in [1.29, 1.82) is 0 Å². The zero-order valence-electron chi connectivity index (χ0n) is 11.5. The Morgan fingerprint density at radius 2 is 2.24 bits per heavy atom. The highest BCUT2D eigenvalue weighted by molar-refractivity contribution is 7.89. The fourth-order valence-corrected chi connectivity index (χ4v) is 2.73. The molecule has 2 rings (SSSR count). The number of H-pyrrole nitrogens is 1. The van der Waals surface area contributed by atoms with Gasteiger partial charge in [0.1, 0.15) is 17.1 Å². The van der Waals surface area contributed by atoms with Crippen molar-refractivity contribution in [2.24, 2.45) is 0 Å². The minimum atomic E-state index is -3.93. The van der Waals surface area contributed by atoms with Gasteiger partial charge in [0, 0.05) is 0 Å². The summed E-state index contributed by atoms with van der Waals surface area (Å²) in [5, 5.41) is 5.55. The maximum atomic E-state index is 12.2. The molecule has 0 aliphatic carbocycles. The molecular formula is C12H15N3O5S. The highest BCUT2D eigenvalue weighted by atomic mass is 32.2. The van der Waals surface area contributed by atoms with Crippen LogP contribution in [0.3, 0.4) is 0 Å². The molecule has 2 heterocycles. The Balaban J connectivity index is 2.16. The minimum absolute atomic E-state index is 0.0303. The van der Waals surface area contributed by atoms with Gasteiger partial charge in [0.25, 0.3) is 10.0 Å². The van der Waals surface area contributed by atoms with Crippen LogP contribution in [0.25, 0.3) is 0 Å². The maximum absolute atomic E-state index is 12.2. The molecule has 0 unspecified atom stereocenters. The lowest BCUT2D eigenvalue weighted by Crippen LogP contribution is -2.25. The fraction of sp³-hybridized carbons (Fsp3) is 0.333. The van der Waals surface area contributed by atoms with Crippen LogP contribution >= 0.6 is 0 Å². The third-order valence-electron chi connectivity index (χ3n) is 2.60. The molecule has 2 aromatic heterocycles. The fourth-order valence-electron chi connectivity index (χ4n) is 1.65. The maximum Gasteiger partial charge on any atom is 0.342 e. The Morgan fingerprint density at radius 1 is 1.48 bits per heavy atom. The second-order valence-corrected chi connectivity index (χ2v) is 5.87. The molecule has 9 heteroatoms. The first-order valence-electron chi connectivity index (χ1n) is 6.19. The molecule has 0 saturated heterocycles. The van der Waals surface area contributed by atoms with E-state index in [1.807, 2.05) is 0 Å². The van der Waals surface area contributed by atoms with Crippen LogP contribution in [0.4, 0.5) is 0 Å². The molecule has 0 radical (unpaired) electrons. The molecule has 0 bridgehead atoms. The van der Waals surface area contributed by atoms with Crippen LogP contribution in [-0.2, 0) is 21.3 Å². The molecule has 0 saturated carbocycles. The lowest BCUT2D eigenvalue weighted by atomic mass is 10.4. The van der Waals surface area contributed by atoms with Crippen molar-refractivity contribution in [3.63, 3.8) is 0 Å². The highest BCUT2D eigenvalue weighted by Gasteiger charge is 2.25. The molecule has 114 valence electrons. The normalized spacial score (nSPS) is 11.5. The average Bonchev–Trinajstić information content (AvgIpc) is 3.05. The van der Waals surface area contributed by atoms with E-state index in [4.69, 9.17) is 9.15 Å². The third-order valence-corrected chi connectivity index (χ3v) is 3.97. The van der Waals surface area contributed by atoms with E-state index in [-0.39, 0.29) is 23.7 Å². The molecule has 0 atom stereocenters. The Bertz CT molecular complexity index is 732. The monoisotopic (exact) mass is 313 g/mol. The first-order valence-corrected chi connectivity index (χ1v) is 7.68. The molecule has 0 amide bonds. The molecule has 0 fully saturated rings. The molecule has 8 nitrogen and oxygen atoms in total. The topological polar surface area (TPSA) is 114 Å². The Hall–Kier alpha value is -2.13. The first kappa shape index (κ1) is 15.3. The number of nitrogens with one attached hydrogen (secondary N) is 2. The van der Waals surface area contributed by atoms with Gasteiger partial charge in [-0.25, -0.2) is 17.9 Å². The van der Waals surface area contributed by atoms with Crippen molar-refractivity contribution in [2.45, 2.75) is 25.4 Å². The average molecular weight is 313 g/mol. The lowest BCUT2D eigenvalue weighted by molar-refractivity contribution is 0.0522. The smallest absolute Gasteiger partial charge is 0.342 e. The molecule has 0 aliphatic heterocycles. The number of hydrogen-bond acceptors (Lipinski definition) is 6. The molecule has 2 aromatic rings. The van der Waals surface area contributed by atoms with E-state index in [2.05, 4.69) is 14.9 Å². The van der Waals surface area contributed by atoms with E-state index in [1.165, 1.54) is 0 Å². The second-order valence-electron chi connectivity index (χ2n) is 4.17. The minimum Gasteiger partial charge on any atom is -0.465 e. The van der Waals surface area contributed by atoms with Gasteiger partial charge in [0.2, 0.25) is 0 Å². The number of rotatable bonds is 6. The summed E-state index contributed by atoms with van der Waals surface area (Å²) >= 11 is 0. The lowest BCUT2D eigenvalue weighted by Gasteiger charge is -2.05. The predicted octanol–water partition coefficient (Wildman–Crippen LogP) is 0.966. The number of hydrogen-bond donors (Lipinski definition) is 2. The van der Waals surface area contributed by atoms with Crippen LogP contribution in [0, 0.1) is 6.92 Å². The number of nitrogens with zero attached hydrogens (tertiary/aromatic N) is 1. The molecule has 0 spiro atoms. The Morgan fingerprint density at radius 3 is 2.86 bits per heavy atom. The summed E-state index contributed by atoms with van der Waals surface area (Å²) in [7, 11) is -3.93. The standard InChI is InChI=1S/C12H15N3O5S/c1-3-19-12(16)10-7-13-15-11(10)21(17,18)14-6-9-5-4-8(2)20-9/h4-5,7,14H,3,6H2,1-2H3,(H,13,15). The van der Waals surface area contributed by atoms with E-state index in [1.54, 1.807) is 26.0 Å². The van der Waals surface area contributed by atoms with E-state index < -0.39 is 16.0 Å². The van der Waals surface area contributed by atoms with Gasteiger partial charge in [0.05, 0.1) is 19.3 Å². The van der Waals surface area contributed by atoms with E-state index in [0.717, 1.165) is 6.20 Å². The SMILES string of the molecule is CCOC(=O)c1cn[nH]c1S(=O)(=O)NCc1ccc(C)o1. The van der Waals surface area contributed by atoms with Crippen molar-refractivity contribution in [3.05, 3.63) is 35.4 Å². The highest BCUT2D eigenvalue weighted by Crippen LogP contribution is 2.14. The molecular weight excluding hydrogens is 298 g/mol. The van der Waals surface area contributed by atoms with E-state index in [0.29, 0.717) is 11.5 Å². The van der Waals surface area contributed by atoms with Gasteiger partial charge in [0.15, 0.2) is 5.03 Å². The van der Waals surface area contributed by atoms with Crippen LogP contribution in [0.15, 0.2) is 27.8 Å². The summed E-state index contributed by atoms with van der Waals surface area (Å²) in [4.78, 5) is 11.7. The number of sulfonamides is 1. The van der Waals surface area contributed by atoms with Gasteiger partial charge >= 0.3 is 5.97 Å². The van der Waals surface area contributed by atoms with Crippen LogP contribution < -0.4 is 4.72 Å². The summed E-state index contributed by atoms with van der Waals surface area (Å²) in [6.07, 6.45) is 1.11. The van der Waals surface area contributed by atoms with Crippen molar-refractivity contribution in [1.82, 2.24) is 14.9 Å². The molecule has 0 aliphatic rings. The second kappa shape index (κ2) is 6.10. The van der Waals surface area contributed by atoms with Crippen molar-refractivity contribution in [3.8, 4) is 0 Å². The van der Waals surface area contributed by atoms with Crippen molar-refractivity contribution < 1.29 is 22.4 Å². The van der Waals surface area contributed by atoms with Gasteiger partial charge in [-0.1, -0.05) is 0 Å². The van der Waals surface area contributed by atoms with Gasteiger partial charge in [-0.15, -0.1) is 0 Å². The number of ether oxygens (including phenoxy) is 1. The quantitative estimate of drug-likeness (QED) is 0.768. The number of aryl methyl sites for hydroxylation is 1. The van der Waals surface area contributed by atoms with Crippen LogP contribution in [-0.4, -0.2) is 31.2 Å². The summed E-state index contributed by atoms with van der Waals surface area (Å²) in [5.74, 6) is 0.395. The van der Waals surface area contributed by atoms with Crippen molar-refractivity contribution in [2.75, 3.05) is 6.61 Å². The summed E-state index contributed by atoms with van der Waals surface area (Å²) in [6, 6.07) is 3.39. The van der Waals surface area contributed by atoms with Gasteiger partial charge in [-0.2, -0.15) is 5.10 Å². The van der Waals surface area contributed by atoms with Gasteiger partial charge < -0.3 is 9.15 Å². The number of carbonyl (C=O) groups excluding carboxylic acids is 1. The number of aromatic amines is 1. The number of esters is 1. The largest absolute Gasteiger partial charge is 0.465 e. The van der Waals surface area contributed by atoms with Crippen LogP contribution in [0.5, 0.6) is 0 Å².